The minimum Gasteiger partial charge on any atom is -0.497 e. The second-order valence-electron chi connectivity index (χ2n) is 6.23. The number of hydrogen-bond acceptors (Lipinski definition) is 5. The largest absolute Gasteiger partial charge is 0.497 e. The molecule has 3 aromatic rings. The molecule has 140 valence electrons. The van der Waals surface area contributed by atoms with Crippen molar-refractivity contribution in [2.75, 3.05) is 19.5 Å². The van der Waals surface area contributed by atoms with Crippen LogP contribution in [0.25, 0.3) is 11.0 Å². The number of carbonyl (C=O) groups is 1. The minimum atomic E-state index is -0.407. The Hall–Kier alpha value is -3.28. The van der Waals surface area contributed by atoms with Gasteiger partial charge in [-0.25, -0.2) is 4.79 Å². The van der Waals surface area contributed by atoms with E-state index in [2.05, 4.69) is 5.32 Å². The zero-order valence-corrected chi connectivity index (χ0v) is 15.5. The van der Waals surface area contributed by atoms with Crippen LogP contribution in [0.2, 0.25) is 0 Å². The predicted octanol–water partition coefficient (Wildman–Crippen LogP) is 3.69. The maximum atomic E-state index is 12.3. The van der Waals surface area contributed by atoms with Crippen molar-refractivity contribution in [3.05, 3.63) is 64.0 Å². The molecule has 3 rings (SSSR count). The number of nitrogens with one attached hydrogen (secondary N) is 1. The van der Waals surface area contributed by atoms with E-state index in [1.807, 2.05) is 25.1 Å². The number of anilines is 1. The minimum absolute atomic E-state index is 0.133. The average molecular weight is 367 g/mol. The van der Waals surface area contributed by atoms with Gasteiger partial charge in [-0.2, -0.15) is 0 Å². The number of fused-ring (bicyclic) bond motifs is 1. The summed E-state index contributed by atoms with van der Waals surface area (Å²) in [6.45, 7) is 1.85. The van der Waals surface area contributed by atoms with Crippen LogP contribution in [-0.4, -0.2) is 20.1 Å². The molecule has 1 N–H and O–H groups in total. The number of aryl methyl sites for hydroxylation is 2. The third-order valence-electron chi connectivity index (χ3n) is 4.29. The average Bonchev–Trinajstić information content (AvgIpc) is 2.65. The van der Waals surface area contributed by atoms with Gasteiger partial charge in [0.2, 0.25) is 5.91 Å². The van der Waals surface area contributed by atoms with Crippen LogP contribution in [0.5, 0.6) is 11.5 Å². The van der Waals surface area contributed by atoms with Crippen molar-refractivity contribution in [2.24, 2.45) is 0 Å². The summed E-state index contributed by atoms with van der Waals surface area (Å²) < 4.78 is 15.7. The topological polar surface area (TPSA) is 77.8 Å². The molecule has 0 saturated carbocycles. The molecule has 1 heterocycles. The Kier molecular flexibility index (Phi) is 5.45. The molecule has 0 radical (unpaired) electrons. The van der Waals surface area contributed by atoms with Gasteiger partial charge in [-0.1, -0.05) is 0 Å². The molecule has 0 aliphatic heterocycles. The van der Waals surface area contributed by atoms with Crippen LogP contribution in [0, 0.1) is 6.92 Å². The normalized spacial score (nSPS) is 10.6. The van der Waals surface area contributed by atoms with Crippen molar-refractivity contribution >= 4 is 22.6 Å². The first-order valence-corrected chi connectivity index (χ1v) is 8.55. The highest BCUT2D eigenvalue weighted by molar-refractivity contribution is 5.93. The SMILES string of the molecule is COc1cc(CCC(=O)Nc2ccc3c(C)cc(=O)oc3c2)cc(OC)c1. The van der Waals surface area contributed by atoms with Crippen LogP contribution in [0.3, 0.4) is 0 Å². The van der Waals surface area contributed by atoms with Gasteiger partial charge >= 0.3 is 5.63 Å². The Labute approximate surface area is 156 Å². The Bertz CT molecular complexity index is 1020. The first kappa shape index (κ1) is 18.5. The molecule has 0 aliphatic rings. The summed E-state index contributed by atoms with van der Waals surface area (Å²) in [4.78, 5) is 23.8. The lowest BCUT2D eigenvalue weighted by Gasteiger charge is -2.09. The van der Waals surface area contributed by atoms with E-state index >= 15 is 0 Å². The number of ether oxygens (including phenoxy) is 2. The third-order valence-corrected chi connectivity index (χ3v) is 4.29. The number of amides is 1. The van der Waals surface area contributed by atoms with Gasteiger partial charge in [0.05, 0.1) is 14.2 Å². The van der Waals surface area contributed by atoms with Crippen LogP contribution in [0.4, 0.5) is 5.69 Å². The van der Waals surface area contributed by atoms with Crippen molar-refractivity contribution in [3.63, 3.8) is 0 Å². The van der Waals surface area contributed by atoms with Gasteiger partial charge in [0.25, 0.3) is 0 Å². The highest BCUT2D eigenvalue weighted by atomic mass is 16.5. The van der Waals surface area contributed by atoms with Crippen molar-refractivity contribution < 1.29 is 18.7 Å². The number of carbonyl (C=O) groups excluding carboxylic acids is 1. The highest BCUT2D eigenvalue weighted by Crippen LogP contribution is 2.24. The van der Waals surface area contributed by atoms with Crippen LogP contribution < -0.4 is 20.4 Å². The highest BCUT2D eigenvalue weighted by Gasteiger charge is 2.08. The summed E-state index contributed by atoms with van der Waals surface area (Å²) in [5.41, 5.74) is 2.42. The van der Waals surface area contributed by atoms with E-state index in [0.717, 1.165) is 16.5 Å². The molecule has 0 spiro atoms. The molecule has 27 heavy (non-hydrogen) atoms. The molecule has 0 fully saturated rings. The van der Waals surface area contributed by atoms with Crippen molar-refractivity contribution in [1.29, 1.82) is 0 Å². The Morgan fingerprint density at radius 3 is 2.41 bits per heavy atom. The monoisotopic (exact) mass is 367 g/mol. The molecule has 2 aromatic carbocycles. The number of benzene rings is 2. The van der Waals surface area contributed by atoms with E-state index < -0.39 is 5.63 Å². The van der Waals surface area contributed by atoms with Gasteiger partial charge in [-0.15, -0.1) is 0 Å². The summed E-state index contributed by atoms with van der Waals surface area (Å²) in [6, 6.07) is 12.3. The fourth-order valence-corrected chi connectivity index (χ4v) is 2.89. The fraction of sp³-hybridized carbons (Fsp3) is 0.238. The molecular weight excluding hydrogens is 346 g/mol. The second kappa shape index (κ2) is 7.95. The maximum absolute atomic E-state index is 12.3. The molecular formula is C21H21NO5. The lowest BCUT2D eigenvalue weighted by atomic mass is 10.1. The fourth-order valence-electron chi connectivity index (χ4n) is 2.89. The standard InChI is InChI=1S/C21H21NO5/c1-13-8-21(24)27-19-11-15(5-6-18(13)19)22-20(23)7-4-14-9-16(25-2)12-17(10-14)26-3/h5-6,8-12H,4,7H2,1-3H3,(H,22,23). The van der Waals surface area contributed by atoms with Gasteiger partial charge in [0.15, 0.2) is 0 Å². The Balaban J connectivity index is 1.69. The molecule has 0 unspecified atom stereocenters. The lowest BCUT2D eigenvalue weighted by Crippen LogP contribution is -2.12. The molecule has 6 heteroatoms. The first-order chi connectivity index (χ1) is 13.0. The van der Waals surface area contributed by atoms with Crippen LogP contribution in [0.15, 0.2) is 51.7 Å². The molecule has 6 nitrogen and oxygen atoms in total. The number of hydrogen-bond donors (Lipinski definition) is 1. The van der Waals surface area contributed by atoms with E-state index in [9.17, 15) is 9.59 Å². The first-order valence-electron chi connectivity index (χ1n) is 8.55. The molecule has 0 saturated heterocycles. The number of rotatable bonds is 6. The summed E-state index contributed by atoms with van der Waals surface area (Å²) in [7, 11) is 3.18. The summed E-state index contributed by atoms with van der Waals surface area (Å²) in [6.07, 6.45) is 0.841. The molecule has 0 atom stereocenters. The van der Waals surface area contributed by atoms with Gasteiger partial charge in [-0.3, -0.25) is 4.79 Å². The van der Waals surface area contributed by atoms with Crippen LogP contribution >= 0.6 is 0 Å². The zero-order chi connectivity index (χ0) is 19.4. The zero-order valence-electron chi connectivity index (χ0n) is 15.5. The molecule has 1 aromatic heterocycles. The van der Waals surface area contributed by atoms with Crippen molar-refractivity contribution in [1.82, 2.24) is 0 Å². The summed E-state index contributed by atoms with van der Waals surface area (Å²) in [5.74, 6) is 1.24. The van der Waals surface area contributed by atoms with E-state index in [1.165, 1.54) is 6.07 Å². The van der Waals surface area contributed by atoms with Gasteiger partial charge in [-0.05, 0) is 48.7 Å². The smallest absolute Gasteiger partial charge is 0.336 e. The van der Waals surface area contributed by atoms with Crippen LogP contribution in [0.1, 0.15) is 17.5 Å². The third kappa shape index (κ3) is 4.47. The van der Waals surface area contributed by atoms with Gasteiger partial charge in [0, 0.05) is 35.7 Å². The van der Waals surface area contributed by atoms with Crippen molar-refractivity contribution in [3.8, 4) is 11.5 Å². The van der Waals surface area contributed by atoms with Crippen molar-refractivity contribution in [2.45, 2.75) is 19.8 Å². The van der Waals surface area contributed by atoms with E-state index in [4.69, 9.17) is 13.9 Å². The van der Waals surface area contributed by atoms with E-state index in [0.29, 0.717) is 35.6 Å². The quantitative estimate of drug-likeness (QED) is 0.672. The second-order valence-corrected chi connectivity index (χ2v) is 6.23. The van der Waals surface area contributed by atoms with E-state index in [-0.39, 0.29) is 5.91 Å². The van der Waals surface area contributed by atoms with Crippen LogP contribution in [-0.2, 0) is 11.2 Å². The number of methoxy groups -OCH3 is 2. The summed E-state index contributed by atoms with van der Waals surface area (Å²) in [5, 5.41) is 3.68. The lowest BCUT2D eigenvalue weighted by molar-refractivity contribution is -0.116. The summed E-state index contributed by atoms with van der Waals surface area (Å²) >= 11 is 0. The Morgan fingerprint density at radius 2 is 1.74 bits per heavy atom. The van der Waals surface area contributed by atoms with Gasteiger partial charge < -0.3 is 19.2 Å². The van der Waals surface area contributed by atoms with Gasteiger partial charge in [0.1, 0.15) is 17.1 Å². The molecule has 0 aliphatic carbocycles. The maximum Gasteiger partial charge on any atom is 0.336 e. The molecule has 0 bridgehead atoms. The van der Waals surface area contributed by atoms with E-state index in [1.54, 1.807) is 32.4 Å². The Morgan fingerprint density at radius 1 is 1.04 bits per heavy atom. The predicted molar refractivity (Wildman–Crippen MR) is 104 cm³/mol. The molecule has 1 amide bonds.